The number of nitrogens with zero attached hydrogens (tertiary/aromatic N) is 4. The van der Waals surface area contributed by atoms with E-state index in [0.29, 0.717) is 5.52 Å². The van der Waals surface area contributed by atoms with Crippen LogP contribution in [0, 0.1) is 23.2 Å². The monoisotopic (exact) mass is 445 g/mol. The average Bonchev–Trinajstić information content (AvgIpc) is 3.27. The molecule has 1 aliphatic rings. The maximum Gasteiger partial charge on any atom is 0.308 e. The predicted octanol–water partition coefficient (Wildman–Crippen LogP) is 0.947. The summed E-state index contributed by atoms with van der Waals surface area (Å²) < 4.78 is 18.1. The van der Waals surface area contributed by atoms with Crippen LogP contribution in [0.25, 0.3) is 5.52 Å². The van der Waals surface area contributed by atoms with Crippen LogP contribution in [0.3, 0.4) is 0 Å². The van der Waals surface area contributed by atoms with Crippen molar-refractivity contribution in [3.8, 4) is 6.07 Å². The van der Waals surface area contributed by atoms with E-state index in [-0.39, 0.29) is 30.5 Å². The molecule has 0 aromatic carbocycles. The zero-order chi connectivity index (χ0) is 23.6. The van der Waals surface area contributed by atoms with Crippen LogP contribution in [0.15, 0.2) is 18.5 Å². The molecule has 2 aromatic rings. The Labute approximate surface area is 185 Å². The van der Waals surface area contributed by atoms with Crippen molar-refractivity contribution in [2.45, 2.75) is 58.0 Å². The number of rotatable bonds is 7. The summed E-state index contributed by atoms with van der Waals surface area (Å²) in [6, 6.07) is 5.11. The molecular formula is C21H27N5O6. The Balaban J connectivity index is 1.98. The number of nitriles is 1. The number of anilines is 1. The Bertz CT molecular complexity index is 1040. The summed E-state index contributed by atoms with van der Waals surface area (Å²) in [4.78, 5) is 28.3. The van der Waals surface area contributed by atoms with Crippen molar-refractivity contribution >= 4 is 23.3 Å². The average molecular weight is 445 g/mol. The predicted molar refractivity (Wildman–Crippen MR) is 111 cm³/mol. The highest BCUT2D eigenvalue weighted by molar-refractivity contribution is 5.72. The Kier molecular flexibility index (Phi) is 6.66. The number of nitrogens with two attached hydrogens (primary N) is 1. The number of carbonyl (C=O) groups excluding carboxylic acids is 2. The van der Waals surface area contributed by atoms with Crippen LogP contribution in [-0.4, -0.2) is 56.6 Å². The van der Waals surface area contributed by atoms with Crippen molar-refractivity contribution in [3.63, 3.8) is 0 Å². The summed E-state index contributed by atoms with van der Waals surface area (Å²) >= 11 is 0. The molecule has 1 fully saturated rings. The van der Waals surface area contributed by atoms with Gasteiger partial charge in [-0.3, -0.25) is 9.59 Å². The SMILES string of the molecule is CC(C)CC(=O)OC[C@H]1O[C@@](C#N)(c2ccc3c(N)ncnn23)[C@H](O)[C@@H]1OC(=O)C(C)C. The summed E-state index contributed by atoms with van der Waals surface area (Å²) in [5.74, 6) is -1.27. The number of fused-ring (bicyclic) bond motifs is 1. The molecule has 0 aliphatic carbocycles. The van der Waals surface area contributed by atoms with Crippen LogP contribution >= 0.6 is 0 Å². The number of hydrogen-bond acceptors (Lipinski definition) is 10. The van der Waals surface area contributed by atoms with E-state index in [1.807, 2.05) is 19.9 Å². The lowest BCUT2D eigenvalue weighted by Crippen LogP contribution is -2.43. The molecule has 1 saturated heterocycles. The number of hydrogen-bond donors (Lipinski definition) is 2. The second-order valence-electron chi connectivity index (χ2n) is 8.45. The van der Waals surface area contributed by atoms with Gasteiger partial charge in [-0.15, -0.1) is 0 Å². The zero-order valence-corrected chi connectivity index (χ0v) is 18.4. The summed E-state index contributed by atoms with van der Waals surface area (Å²) in [5, 5.41) is 25.4. The van der Waals surface area contributed by atoms with E-state index in [0.717, 1.165) is 0 Å². The van der Waals surface area contributed by atoms with Gasteiger partial charge >= 0.3 is 11.9 Å². The molecule has 172 valence electrons. The van der Waals surface area contributed by atoms with Gasteiger partial charge in [0, 0.05) is 6.42 Å². The lowest BCUT2D eigenvalue weighted by Gasteiger charge is -2.25. The third-order valence-electron chi connectivity index (χ3n) is 5.17. The van der Waals surface area contributed by atoms with Crippen molar-refractivity contribution in [1.82, 2.24) is 14.6 Å². The molecule has 4 atom stereocenters. The molecule has 0 saturated carbocycles. The number of aliphatic hydroxyl groups is 1. The van der Waals surface area contributed by atoms with Crippen LogP contribution in [0.4, 0.5) is 5.82 Å². The molecule has 3 heterocycles. The molecule has 3 N–H and O–H groups in total. The van der Waals surface area contributed by atoms with Gasteiger partial charge in [-0.2, -0.15) is 10.4 Å². The first-order valence-electron chi connectivity index (χ1n) is 10.3. The van der Waals surface area contributed by atoms with Gasteiger partial charge in [0.05, 0.1) is 11.6 Å². The highest BCUT2D eigenvalue weighted by atomic mass is 16.6. The normalized spacial score (nSPS) is 25.2. The molecule has 0 unspecified atom stereocenters. The maximum absolute atomic E-state index is 12.3. The molecule has 0 spiro atoms. The van der Waals surface area contributed by atoms with E-state index in [1.165, 1.54) is 16.9 Å². The first-order valence-corrected chi connectivity index (χ1v) is 10.3. The molecule has 11 heteroatoms. The van der Waals surface area contributed by atoms with E-state index in [4.69, 9.17) is 19.9 Å². The molecule has 32 heavy (non-hydrogen) atoms. The van der Waals surface area contributed by atoms with Crippen LogP contribution < -0.4 is 5.73 Å². The first-order chi connectivity index (χ1) is 15.1. The summed E-state index contributed by atoms with van der Waals surface area (Å²) in [5.41, 5.74) is 4.51. The van der Waals surface area contributed by atoms with Gasteiger partial charge in [-0.25, -0.2) is 9.50 Å². The molecule has 1 aliphatic heterocycles. The maximum atomic E-state index is 12.3. The minimum absolute atomic E-state index is 0.0857. The Hall–Kier alpha value is -3.23. The zero-order valence-electron chi connectivity index (χ0n) is 18.4. The molecular weight excluding hydrogens is 418 g/mol. The van der Waals surface area contributed by atoms with Crippen molar-refractivity contribution < 1.29 is 28.9 Å². The second kappa shape index (κ2) is 9.10. The minimum Gasteiger partial charge on any atom is -0.463 e. The van der Waals surface area contributed by atoms with Crippen LogP contribution in [0.5, 0.6) is 0 Å². The number of nitrogen functional groups attached to an aromatic ring is 1. The molecule has 2 aromatic heterocycles. The Morgan fingerprint density at radius 3 is 2.72 bits per heavy atom. The van der Waals surface area contributed by atoms with Gasteiger partial charge in [0.15, 0.2) is 11.9 Å². The lowest BCUT2D eigenvalue weighted by molar-refractivity contribution is -0.163. The fraction of sp³-hybridized carbons (Fsp3) is 0.571. The Morgan fingerprint density at radius 1 is 1.38 bits per heavy atom. The molecule has 0 bridgehead atoms. The third kappa shape index (κ3) is 4.24. The smallest absolute Gasteiger partial charge is 0.308 e. The quantitative estimate of drug-likeness (QED) is 0.587. The van der Waals surface area contributed by atoms with Crippen molar-refractivity contribution in [1.29, 1.82) is 5.26 Å². The number of aromatic nitrogens is 3. The second-order valence-corrected chi connectivity index (χ2v) is 8.45. The van der Waals surface area contributed by atoms with Gasteiger partial charge < -0.3 is 25.1 Å². The van der Waals surface area contributed by atoms with E-state index in [1.54, 1.807) is 19.9 Å². The summed E-state index contributed by atoms with van der Waals surface area (Å²) in [6.45, 7) is 6.72. The molecule has 0 amide bonds. The summed E-state index contributed by atoms with van der Waals surface area (Å²) in [6.07, 6.45) is -2.51. The fourth-order valence-electron chi connectivity index (χ4n) is 3.51. The molecule has 0 radical (unpaired) electrons. The van der Waals surface area contributed by atoms with Crippen molar-refractivity contribution in [3.05, 3.63) is 24.2 Å². The number of aliphatic hydroxyl groups excluding tert-OH is 1. The lowest BCUT2D eigenvalue weighted by atomic mass is 9.92. The largest absolute Gasteiger partial charge is 0.463 e. The van der Waals surface area contributed by atoms with E-state index in [9.17, 15) is 20.0 Å². The van der Waals surface area contributed by atoms with Crippen LogP contribution in [-0.2, 0) is 29.4 Å². The van der Waals surface area contributed by atoms with E-state index >= 15 is 0 Å². The van der Waals surface area contributed by atoms with E-state index < -0.39 is 41.8 Å². The highest BCUT2D eigenvalue weighted by Crippen LogP contribution is 2.42. The molecule has 3 rings (SSSR count). The standard InChI is InChI=1S/C21H27N5O6/c1-11(2)7-16(27)30-8-14-17(31-20(29)12(3)4)18(28)21(9-22,32-14)15-6-5-13-19(23)24-10-25-26(13)15/h5-6,10-12,14,17-18,28H,7-8H2,1-4H3,(H2,23,24,25)/t14-,17-,18-,21+/m1/s1. The Morgan fingerprint density at radius 2 is 2.09 bits per heavy atom. The third-order valence-corrected chi connectivity index (χ3v) is 5.17. The van der Waals surface area contributed by atoms with Crippen LogP contribution in [0.1, 0.15) is 39.8 Å². The highest BCUT2D eigenvalue weighted by Gasteiger charge is 2.60. The molecule has 11 nitrogen and oxygen atoms in total. The van der Waals surface area contributed by atoms with Gasteiger partial charge in [-0.05, 0) is 18.1 Å². The fourth-order valence-corrected chi connectivity index (χ4v) is 3.51. The van der Waals surface area contributed by atoms with E-state index in [2.05, 4.69) is 10.1 Å². The number of esters is 2. The van der Waals surface area contributed by atoms with Gasteiger partial charge in [0.25, 0.3) is 0 Å². The summed E-state index contributed by atoms with van der Waals surface area (Å²) in [7, 11) is 0. The topological polar surface area (TPSA) is 162 Å². The van der Waals surface area contributed by atoms with Gasteiger partial charge in [0.1, 0.15) is 36.7 Å². The van der Waals surface area contributed by atoms with Crippen molar-refractivity contribution in [2.24, 2.45) is 11.8 Å². The van der Waals surface area contributed by atoms with Crippen molar-refractivity contribution in [2.75, 3.05) is 12.3 Å². The van der Waals surface area contributed by atoms with Gasteiger partial charge in [0.2, 0.25) is 5.60 Å². The number of ether oxygens (including phenoxy) is 3. The van der Waals surface area contributed by atoms with Gasteiger partial charge in [-0.1, -0.05) is 27.7 Å². The first kappa shape index (κ1) is 23.4. The number of carbonyl (C=O) groups is 2. The minimum atomic E-state index is -1.95. The van der Waals surface area contributed by atoms with Crippen LogP contribution in [0.2, 0.25) is 0 Å².